The second kappa shape index (κ2) is 8.35. The van der Waals surface area contributed by atoms with Crippen molar-refractivity contribution in [2.45, 2.75) is 13.0 Å². The molecule has 2 amide bonds. The number of aromatic nitrogens is 2. The summed E-state index contributed by atoms with van der Waals surface area (Å²) in [5.74, 6) is -1.31. The fourth-order valence-electron chi connectivity index (χ4n) is 2.87. The minimum atomic E-state index is -0.669. The minimum absolute atomic E-state index is 0.411. The molecule has 0 atom stereocenters. The van der Waals surface area contributed by atoms with E-state index in [1.165, 1.54) is 0 Å². The third kappa shape index (κ3) is 4.44. The van der Waals surface area contributed by atoms with Crippen LogP contribution >= 0.6 is 0 Å². The molecule has 1 aromatic heterocycles. The maximum atomic E-state index is 12.1. The summed E-state index contributed by atoms with van der Waals surface area (Å²) in [7, 11) is 3.76. The van der Waals surface area contributed by atoms with E-state index in [0.717, 1.165) is 16.7 Å². The standard InChI is InChI=1S/C20H23N5O2/c1-24(2)17-10-5-4-9-16(17)23-20(27)19(26)21-12-7-13-25-14-22-15-8-3-6-11-18(15)25/h3-6,8-11,14H,7,12-13H2,1-2H3,(H,21,26)(H,23,27). The molecule has 140 valence electrons. The number of carbonyl (C=O) groups is 2. The highest BCUT2D eigenvalue weighted by atomic mass is 16.2. The molecule has 7 nitrogen and oxygen atoms in total. The number of fused-ring (bicyclic) bond motifs is 1. The van der Waals surface area contributed by atoms with Crippen molar-refractivity contribution in [3.05, 3.63) is 54.9 Å². The molecule has 0 unspecified atom stereocenters. The van der Waals surface area contributed by atoms with E-state index in [2.05, 4.69) is 15.6 Å². The Bertz CT molecular complexity index is 948. The first-order valence-corrected chi connectivity index (χ1v) is 8.81. The lowest BCUT2D eigenvalue weighted by Crippen LogP contribution is -2.36. The van der Waals surface area contributed by atoms with Crippen molar-refractivity contribution < 1.29 is 9.59 Å². The lowest BCUT2D eigenvalue weighted by Gasteiger charge is -2.17. The second-order valence-corrected chi connectivity index (χ2v) is 6.40. The quantitative estimate of drug-likeness (QED) is 0.519. The van der Waals surface area contributed by atoms with Crippen LogP contribution in [0.15, 0.2) is 54.9 Å². The molecular weight excluding hydrogens is 342 g/mol. The summed E-state index contributed by atoms with van der Waals surface area (Å²) in [5.41, 5.74) is 3.44. The smallest absolute Gasteiger partial charge is 0.313 e. The van der Waals surface area contributed by atoms with Crippen LogP contribution in [0.2, 0.25) is 0 Å². The van der Waals surface area contributed by atoms with Crippen molar-refractivity contribution >= 4 is 34.2 Å². The Hall–Kier alpha value is -3.35. The van der Waals surface area contributed by atoms with Crippen LogP contribution in [0.5, 0.6) is 0 Å². The van der Waals surface area contributed by atoms with E-state index in [9.17, 15) is 9.59 Å². The van der Waals surface area contributed by atoms with E-state index in [1.807, 2.05) is 66.0 Å². The van der Waals surface area contributed by atoms with Gasteiger partial charge in [0.1, 0.15) is 0 Å². The molecule has 0 aliphatic heterocycles. The highest BCUT2D eigenvalue weighted by molar-refractivity contribution is 6.39. The number of rotatable bonds is 6. The molecule has 3 aromatic rings. The average Bonchev–Trinajstić information content (AvgIpc) is 3.08. The van der Waals surface area contributed by atoms with Crippen molar-refractivity contribution in [3.8, 4) is 0 Å². The van der Waals surface area contributed by atoms with Crippen molar-refractivity contribution in [1.29, 1.82) is 0 Å². The summed E-state index contributed by atoms with van der Waals surface area (Å²) in [4.78, 5) is 30.4. The van der Waals surface area contributed by atoms with Crippen LogP contribution in [0.3, 0.4) is 0 Å². The van der Waals surface area contributed by atoms with Gasteiger partial charge in [0.05, 0.1) is 28.7 Å². The molecule has 0 spiro atoms. The van der Waals surface area contributed by atoms with Crippen LogP contribution in [0, 0.1) is 0 Å². The number of nitrogens with one attached hydrogen (secondary N) is 2. The molecule has 0 aliphatic carbocycles. The molecule has 0 aliphatic rings. The number of para-hydroxylation sites is 4. The number of hydrogen-bond acceptors (Lipinski definition) is 4. The maximum Gasteiger partial charge on any atom is 0.313 e. The summed E-state index contributed by atoms with van der Waals surface area (Å²) in [5, 5.41) is 5.33. The predicted octanol–water partition coefficient (Wildman–Crippen LogP) is 2.25. The van der Waals surface area contributed by atoms with Gasteiger partial charge in [0.25, 0.3) is 0 Å². The van der Waals surface area contributed by atoms with Gasteiger partial charge in [-0.2, -0.15) is 0 Å². The zero-order valence-electron chi connectivity index (χ0n) is 15.5. The Morgan fingerprint density at radius 1 is 1.04 bits per heavy atom. The number of anilines is 2. The summed E-state index contributed by atoms with van der Waals surface area (Å²) in [6.45, 7) is 1.12. The zero-order valence-corrected chi connectivity index (χ0v) is 15.5. The SMILES string of the molecule is CN(C)c1ccccc1NC(=O)C(=O)NCCCn1cnc2ccccc21. The molecule has 7 heteroatoms. The number of nitrogens with zero attached hydrogens (tertiary/aromatic N) is 3. The van der Waals surface area contributed by atoms with Gasteiger partial charge in [-0.25, -0.2) is 4.98 Å². The number of benzene rings is 2. The van der Waals surface area contributed by atoms with Gasteiger partial charge in [-0.15, -0.1) is 0 Å². The molecule has 27 heavy (non-hydrogen) atoms. The van der Waals surface area contributed by atoms with Crippen molar-refractivity contribution in [2.24, 2.45) is 0 Å². The number of aryl methyl sites for hydroxylation is 1. The second-order valence-electron chi connectivity index (χ2n) is 6.40. The largest absolute Gasteiger partial charge is 0.376 e. The van der Waals surface area contributed by atoms with E-state index >= 15 is 0 Å². The predicted molar refractivity (Wildman–Crippen MR) is 107 cm³/mol. The molecule has 0 saturated carbocycles. The first-order valence-electron chi connectivity index (χ1n) is 8.81. The van der Waals surface area contributed by atoms with Crippen LogP contribution in [-0.2, 0) is 16.1 Å². The van der Waals surface area contributed by atoms with Gasteiger partial charge >= 0.3 is 11.8 Å². The van der Waals surface area contributed by atoms with E-state index in [4.69, 9.17) is 0 Å². The normalized spacial score (nSPS) is 10.6. The van der Waals surface area contributed by atoms with Gasteiger partial charge < -0.3 is 20.1 Å². The van der Waals surface area contributed by atoms with Crippen molar-refractivity contribution in [3.63, 3.8) is 0 Å². The average molecular weight is 365 g/mol. The lowest BCUT2D eigenvalue weighted by atomic mass is 10.2. The molecule has 0 saturated heterocycles. The third-order valence-corrected chi connectivity index (χ3v) is 4.23. The molecular formula is C20H23N5O2. The third-order valence-electron chi connectivity index (χ3n) is 4.23. The number of hydrogen-bond donors (Lipinski definition) is 2. The van der Waals surface area contributed by atoms with Crippen LogP contribution in [0.25, 0.3) is 11.0 Å². The molecule has 0 radical (unpaired) electrons. The number of carbonyl (C=O) groups excluding carboxylic acids is 2. The Labute approximate surface area is 158 Å². The first-order chi connectivity index (χ1) is 13.1. The van der Waals surface area contributed by atoms with E-state index in [-0.39, 0.29) is 0 Å². The topological polar surface area (TPSA) is 79.3 Å². The Morgan fingerprint density at radius 3 is 2.59 bits per heavy atom. The highest BCUT2D eigenvalue weighted by Gasteiger charge is 2.15. The Kier molecular flexibility index (Phi) is 5.71. The monoisotopic (exact) mass is 365 g/mol. The fraction of sp³-hybridized carbons (Fsp3) is 0.250. The zero-order chi connectivity index (χ0) is 19.2. The molecule has 2 N–H and O–H groups in total. The van der Waals surface area contributed by atoms with Gasteiger partial charge in [-0.1, -0.05) is 24.3 Å². The van der Waals surface area contributed by atoms with Gasteiger partial charge in [-0.05, 0) is 30.7 Å². The van der Waals surface area contributed by atoms with Crippen LogP contribution in [0.4, 0.5) is 11.4 Å². The molecule has 3 rings (SSSR count). The minimum Gasteiger partial charge on any atom is -0.376 e. The van der Waals surface area contributed by atoms with E-state index < -0.39 is 11.8 Å². The Balaban J connectivity index is 1.49. The molecule has 1 heterocycles. The van der Waals surface area contributed by atoms with Gasteiger partial charge in [0.2, 0.25) is 0 Å². The molecule has 0 bridgehead atoms. The summed E-state index contributed by atoms with van der Waals surface area (Å²) in [6.07, 6.45) is 2.49. The van der Waals surface area contributed by atoms with E-state index in [1.54, 1.807) is 12.4 Å². The molecule has 0 fully saturated rings. The van der Waals surface area contributed by atoms with Crippen LogP contribution < -0.4 is 15.5 Å². The summed E-state index contributed by atoms with van der Waals surface area (Å²) < 4.78 is 2.04. The maximum absolute atomic E-state index is 12.1. The van der Waals surface area contributed by atoms with E-state index in [0.29, 0.717) is 25.2 Å². The number of amides is 2. The van der Waals surface area contributed by atoms with Crippen molar-refractivity contribution in [1.82, 2.24) is 14.9 Å². The summed E-state index contributed by atoms with van der Waals surface area (Å²) in [6, 6.07) is 15.2. The first kappa shape index (κ1) is 18.4. The van der Waals surface area contributed by atoms with Gasteiger partial charge in [0.15, 0.2) is 0 Å². The lowest BCUT2D eigenvalue weighted by molar-refractivity contribution is -0.136. The number of imidazole rings is 1. The fourth-order valence-corrected chi connectivity index (χ4v) is 2.87. The van der Waals surface area contributed by atoms with Gasteiger partial charge in [0, 0.05) is 27.2 Å². The van der Waals surface area contributed by atoms with Crippen LogP contribution in [-0.4, -0.2) is 42.0 Å². The van der Waals surface area contributed by atoms with Crippen LogP contribution in [0.1, 0.15) is 6.42 Å². The van der Waals surface area contributed by atoms with Crippen molar-refractivity contribution in [2.75, 3.05) is 30.9 Å². The highest BCUT2D eigenvalue weighted by Crippen LogP contribution is 2.23. The Morgan fingerprint density at radius 2 is 1.78 bits per heavy atom. The van der Waals surface area contributed by atoms with Gasteiger partial charge in [-0.3, -0.25) is 9.59 Å². The molecule has 2 aromatic carbocycles. The summed E-state index contributed by atoms with van der Waals surface area (Å²) >= 11 is 0.